The molecule has 2 atom stereocenters. The third kappa shape index (κ3) is 3.07. The van der Waals surface area contributed by atoms with Crippen molar-refractivity contribution in [3.8, 4) is 0 Å². The molecule has 1 fully saturated rings. The van der Waals surface area contributed by atoms with Crippen LogP contribution < -0.4 is 5.73 Å². The molecule has 2 unspecified atom stereocenters. The van der Waals surface area contributed by atoms with Crippen LogP contribution in [0.3, 0.4) is 0 Å². The van der Waals surface area contributed by atoms with Crippen molar-refractivity contribution < 1.29 is 4.74 Å². The zero-order valence-electron chi connectivity index (χ0n) is 10.9. The van der Waals surface area contributed by atoms with E-state index in [2.05, 4.69) is 18.2 Å². The zero-order valence-corrected chi connectivity index (χ0v) is 10.9. The highest BCUT2D eigenvalue weighted by atomic mass is 16.5. The zero-order chi connectivity index (χ0) is 12.3. The van der Waals surface area contributed by atoms with Gasteiger partial charge in [-0.1, -0.05) is 0 Å². The molecule has 96 valence electrons. The van der Waals surface area contributed by atoms with E-state index < -0.39 is 0 Å². The average molecular weight is 237 g/mol. The van der Waals surface area contributed by atoms with Crippen molar-refractivity contribution in [1.82, 2.24) is 9.78 Å². The third-order valence-corrected chi connectivity index (χ3v) is 3.79. The molecule has 1 aliphatic heterocycles. The minimum atomic E-state index is -0.125. The normalized spacial score (nSPS) is 27.0. The predicted octanol–water partition coefficient (Wildman–Crippen LogP) is 1.64. The lowest BCUT2D eigenvalue weighted by Crippen LogP contribution is -2.49. The lowest BCUT2D eigenvalue weighted by atomic mass is 9.86. The van der Waals surface area contributed by atoms with Crippen LogP contribution in [0.5, 0.6) is 0 Å². The van der Waals surface area contributed by atoms with Gasteiger partial charge in [0.25, 0.3) is 0 Å². The molecule has 4 nitrogen and oxygen atoms in total. The summed E-state index contributed by atoms with van der Waals surface area (Å²) < 4.78 is 7.71. The van der Waals surface area contributed by atoms with E-state index in [9.17, 15) is 0 Å². The summed E-state index contributed by atoms with van der Waals surface area (Å²) in [4.78, 5) is 0. The van der Waals surface area contributed by atoms with E-state index in [0.29, 0.717) is 0 Å². The van der Waals surface area contributed by atoms with Gasteiger partial charge >= 0.3 is 0 Å². The fourth-order valence-electron chi connectivity index (χ4n) is 2.48. The van der Waals surface area contributed by atoms with Crippen LogP contribution in [0.15, 0.2) is 12.4 Å². The Hall–Kier alpha value is -0.870. The van der Waals surface area contributed by atoms with E-state index in [0.717, 1.165) is 25.9 Å². The van der Waals surface area contributed by atoms with E-state index in [-0.39, 0.29) is 11.6 Å². The minimum absolute atomic E-state index is 0.114. The maximum atomic E-state index is 6.29. The number of nitrogens with zero attached hydrogens (tertiary/aromatic N) is 2. The van der Waals surface area contributed by atoms with Crippen molar-refractivity contribution >= 4 is 0 Å². The summed E-state index contributed by atoms with van der Waals surface area (Å²) in [6.07, 6.45) is 9.40. The third-order valence-electron chi connectivity index (χ3n) is 3.79. The van der Waals surface area contributed by atoms with Gasteiger partial charge in [-0.25, -0.2) is 0 Å². The summed E-state index contributed by atoms with van der Waals surface area (Å²) >= 11 is 0. The molecule has 0 aliphatic carbocycles. The van der Waals surface area contributed by atoms with Crippen LogP contribution in [0.4, 0.5) is 0 Å². The van der Waals surface area contributed by atoms with E-state index in [1.165, 1.54) is 18.4 Å². The number of aryl methyl sites for hydroxylation is 2. The Balaban J connectivity index is 1.85. The maximum Gasteiger partial charge on any atom is 0.0804 e. The van der Waals surface area contributed by atoms with Gasteiger partial charge in [-0.05, 0) is 44.6 Å². The smallest absolute Gasteiger partial charge is 0.0804 e. The van der Waals surface area contributed by atoms with Gasteiger partial charge in [-0.3, -0.25) is 4.68 Å². The molecule has 0 saturated carbocycles. The molecule has 2 N–H and O–H groups in total. The van der Waals surface area contributed by atoms with Gasteiger partial charge in [0.05, 0.1) is 11.8 Å². The van der Waals surface area contributed by atoms with Crippen molar-refractivity contribution in [3.63, 3.8) is 0 Å². The first kappa shape index (κ1) is 12.6. The number of hydrogen-bond acceptors (Lipinski definition) is 3. The van der Waals surface area contributed by atoms with Crippen LogP contribution in [0, 0.1) is 0 Å². The van der Waals surface area contributed by atoms with Crippen LogP contribution in [0.1, 0.15) is 38.2 Å². The second-order valence-electron chi connectivity index (χ2n) is 5.29. The molecule has 1 aliphatic rings. The van der Waals surface area contributed by atoms with Crippen molar-refractivity contribution in [1.29, 1.82) is 0 Å². The highest BCUT2D eigenvalue weighted by molar-refractivity contribution is 5.05. The molecule has 0 spiro atoms. The van der Waals surface area contributed by atoms with Crippen LogP contribution in [0.2, 0.25) is 0 Å². The van der Waals surface area contributed by atoms with Crippen molar-refractivity contribution in [2.75, 3.05) is 6.61 Å². The predicted molar refractivity (Wildman–Crippen MR) is 67.7 cm³/mol. The van der Waals surface area contributed by atoms with Crippen molar-refractivity contribution in [3.05, 3.63) is 18.0 Å². The number of hydrogen-bond donors (Lipinski definition) is 1. The first-order valence-corrected chi connectivity index (χ1v) is 6.47. The van der Waals surface area contributed by atoms with Gasteiger partial charge < -0.3 is 10.5 Å². The summed E-state index contributed by atoms with van der Waals surface area (Å²) in [6.45, 7) is 3.01. The largest absolute Gasteiger partial charge is 0.374 e. The Morgan fingerprint density at radius 3 is 3.00 bits per heavy atom. The Morgan fingerprint density at radius 1 is 1.59 bits per heavy atom. The number of nitrogens with two attached hydrogens (primary N) is 1. The van der Waals surface area contributed by atoms with Gasteiger partial charge in [0.2, 0.25) is 0 Å². The van der Waals surface area contributed by atoms with Crippen LogP contribution in [0.25, 0.3) is 0 Å². The fraction of sp³-hybridized carbons (Fsp3) is 0.769. The second kappa shape index (κ2) is 5.19. The standard InChI is InChI=1S/C13H23N3O/c1-13(7-3-4-8-17-13)12(14)6-5-11-9-15-16(2)10-11/h9-10,12H,3-8,14H2,1-2H3. The van der Waals surface area contributed by atoms with Crippen molar-refractivity contribution in [2.24, 2.45) is 12.8 Å². The van der Waals surface area contributed by atoms with E-state index >= 15 is 0 Å². The Labute approximate surface area is 103 Å². The maximum absolute atomic E-state index is 6.29. The average Bonchev–Trinajstić information content (AvgIpc) is 2.73. The van der Waals surface area contributed by atoms with Gasteiger partial charge in [0, 0.05) is 25.9 Å². The molecule has 0 amide bonds. The Morgan fingerprint density at radius 2 is 2.41 bits per heavy atom. The lowest BCUT2D eigenvalue weighted by Gasteiger charge is -2.38. The molecule has 1 saturated heterocycles. The molecule has 4 heteroatoms. The molecule has 1 aromatic rings. The molecule has 1 aromatic heterocycles. The summed E-state index contributed by atoms with van der Waals surface area (Å²) in [5.41, 5.74) is 7.41. The summed E-state index contributed by atoms with van der Waals surface area (Å²) in [6, 6.07) is 0.114. The Kier molecular flexibility index (Phi) is 3.84. The molecule has 0 radical (unpaired) electrons. The molecular formula is C13H23N3O. The monoisotopic (exact) mass is 237 g/mol. The fourth-order valence-corrected chi connectivity index (χ4v) is 2.48. The second-order valence-corrected chi connectivity index (χ2v) is 5.29. The van der Waals surface area contributed by atoms with E-state index in [1.807, 2.05) is 17.9 Å². The molecule has 17 heavy (non-hydrogen) atoms. The minimum Gasteiger partial charge on any atom is -0.374 e. The topological polar surface area (TPSA) is 53.1 Å². The van der Waals surface area contributed by atoms with Crippen LogP contribution in [-0.2, 0) is 18.2 Å². The van der Waals surface area contributed by atoms with Gasteiger partial charge in [-0.15, -0.1) is 0 Å². The van der Waals surface area contributed by atoms with Gasteiger partial charge in [-0.2, -0.15) is 5.10 Å². The quantitative estimate of drug-likeness (QED) is 0.866. The highest BCUT2D eigenvalue weighted by Crippen LogP contribution is 2.28. The number of rotatable bonds is 4. The summed E-state index contributed by atoms with van der Waals surface area (Å²) in [5, 5.41) is 4.17. The van der Waals surface area contributed by atoms with Gasteiger partial charge in [0.1, 0.15) is 0 Å². The lowest BCUT2D eigenvalue weighted by molar-refractivity contribution is -0.0822. The van der Waals surface area contributed by atoms with Crippen LogP contribution >= 0.6 is 0 Å². The van der Waals surface area contributed by atoms with E-state index in [1.54, 1.807) is 0 Å². The summed E-state index contributed by atoms with van der Waals surface area (Å²) in [7, 11) is 1.94. The van der Waals surface area contributed by atoms with Crippen LogP contribution in [-0.4, -0.2) is 28.0 Å². The Bertz CT molecular complexity index is 355. The van der Waals surface area contributed by atoms with Gasteiger partial charge in [0.15, 0.2) is 0 Å². The van der Waals surface area contributed by atoms with E-state index in [4.69, 9.17) is 10.5 Å². The number of aromatic nitrogens is 2. The first-order valence-electron chi connectivity index (χ1n) is 6.47. The first-order chi connectivity index (χ1) is 8.10. The SMILES string of the molecule is Cn1cc(CCC(N)C2(C)CCCCO2)cn1. The number of ether oxygens (including phenoxy) is 1. The molecule has 0 bridgehead atoms. The molecular weight excluding hydrogens is 214 g/mol. The molecule has 2 heterocycles. The molecule has 0 aromatic carbocycles. The summed E-state index contributed by atoms with van der Waals surface area (Å²) in [5.74, 6) is 0. The molecule has 2 rings (SSSR count). The van der Waals surface area contributed by atoms with Crippen molar-refractivity contribution in [2.45, 2.75) is 50.7 Å². The highest BCUT2D eigenvalue weighted by Gasteiger charge is 2.34.